The summed E-state index contributed by atoms with van der Waals surface area (Å²) in [5.41, 5.74) is 2.02. The summed E-state index contributed by atoms with van der Waals surface area (Å²) in [6.07, 6.45) is 2.34. The first-order chi connectivity index (χ1) is 11.1. The molecule has 0 aromatic heterocycles. The van der Waals surface area contributed by atoms with Crippen molar-refractivity contribution in [3.8, 4) is 0 Å². The van der Waals surface area contributed by atoms with Gasteiger partial charge in [-0.2, -0.15) is 0 Å². The molecule has 124 valence electrons. The molecule has 0 saturated carbocycles. The van der Waals surface area contributed by atoms with Crippen molar-refractivity contribution in [3.05, 3.63) is 35.4 Å². The second-order valence-corrected chi connectivity index (χ2v) is 6.19. The number of hydrogen-bond donors (Lipinski definition) is 2. The van der Waals surface area contributed by atoms with Crippen LogP contribution in [0.25, 0.3) is 0 Å². The Balaban J connectivity index is 1.61. The summed E-state index contributed by atoms with van der Waals surface area (Å²) in [5.74, 6) is -0.841. The van der Waals surface area contributed by atoms with E-state index in [0.29, 0.717) is 32.7 Å². The van der Waals surface area contributed by atoms with Crippen molar-refractivity contribution in [3.63, 3.8) is 0 Å². The Bertz CT molecular complexity index is 600. The lowest BCUT2D eigenvalue weighted by Gasteiger charge is -2.40. The topological polar surface area (TPSA) is 78.9 Å². The third-order valence-electron chi connectivity index (χ3n) is 4.60. The van der Waals surface area contributed by atoms with Crippen molar-refractivity contribution < 1.29 is 19.4 Å². The zero-order chi connectivity index (χ0) is 16.3. The van der Waals surface area contributed by atoms with E-state index in [9.17, 15) is 9.59 Å². The Hall–Kier alpha value is -2.08. The zero-order valence-corrected chi connectivity index (χ0v) is 13.1. The molecule has 1 atom stereocenters. The Morgan fingerprint density at radius 3 is 3.00 bits per heavy atom. The summed E-state index contributed by atoms with van der Waals surface area (Å²) in [5, 5.41) is 11.4. The predicted molar refractivity (Wildman–Crippen MR) is 84.0 cm³/mol. The van der Waals surface area contributed by atoms with Crippen molar-refractivity contribution in [2.75, 3.05) is 19.6 Å². The summed E-state index contributed by atoms with van der Waals surface area (Å²) in [6.45, 7) is 2.24. The molecule has 2 heterocycles. The van der Waals surface area contributed by atoms with Gasteiger partial charge in [-0.05, 0) is 30.4 Å². The number of amides is 2. The van der Waals surface area contributed by atoms with Gasteiger partial charge in [0.25, 0.3) is 0 Å². The van der Waals surface area contributed by atoms with Crippen LogP contribution in [-0.2, 0) is 21.7 Å². The fourth-order valence-electron chi connectivity index (χ4n) is 3.46. The number of likely N-dealkylation sites (tertiary alicyclic amines) is 1. The van der Waals surface area contributed by atoms with Gasteiger partial charge in [0.15, 0.2) is 0 Å². The molecule has 0 radical (unpaired) electrons. The molecule has 0 bridgehead atoms. The number of carbonyl (C=O) groups is 2. The van der Waals surface area contributed by atoms with Crippen LogP contribution in [0.1, 0.15) is 36.8 Å². The predicted octanol–water partition coefficient (Wildman–Crippen LogP) is 2.08. The maximum Gasteiger partial charge on any atom is 0.317 e. The summed E-state index contributed by atoms with van der Waals surface area (Å²) in [7, 11) is 0. The van der Waals surface area contributed by atoms with E-state index < -0.39 is 5.97 Å². The van der Waals surface area contributed by atoms with Gasteiger partial charge < -0.3 is 20.1 Å². The molecule has 1 fully saturated rings. The maximum atomic E-state index is 12.3. The minimum absolute atomic E-state index is 0.0701. The Morgan fingerprint density at radius 1 is 1.35 bits per heavy atom. The molecule has 6 heteroatoms. The number of carboxylic acids is 1. The quantitative estimate of drug-likeness (QED) is 0.833. The minimum atomic E-state index is -0.841. The highest BCUT2D eigenvalue weighted by Gasteiger charge is 2.44. The number of nitrogens with one attached hydrogen (secondary N) is 1. The summed E-state index contributed by atoms with van der Waals surface area (Å²) in [4.78, 5) is 24.6. The third-order valence-corrected chi connectivity index (χ3v) is 4.60. The monoisotopic (exact) mass is 318 g/mol. The van der Waals surface area contributed by atoms with Crippen molar-refractivity contribution in [1.29, 1.82) is 0 Å². The van der Waals surface area contributed by atoms with Gasteiger partial charge in [-0.1, -0.05) is 24.3 Å². The zero-order valence-electron chi connectivity index (χ0n) is 13.1. The normalized spacial score (nSPS) is 22.9. The van der Waals surface area contributed by atoms with Crippen LogP contribution >= 0.6 is 0 Å². The van der Waals surface area contributed by atoms with Crippen molar-refractivity contribution in [1.82, 2.24) is 10.2 Å². The number of carbonyl (C=O) groups excluding carboxylic acids is 1. The largest absolute Gasteiger partial charge is 0.481 e. The first-order valence-electron chi connectivity index (χ1n) is 8.08. The molecule has 6 nitrogen and oxygen atoms in total. The lowest BCUT2D eigenvalue weighted by atomic mass is 9.85. The van der Waals surface area contributed by atoms with Crippen LogP contribution in [-0.4, -0.2) is 41.6 Å². The van der Waals surface area contributed by atoms with Gasteiger partial charge in [-0.3, -0.25) is 4.79 Å². The number of hydrogen-bond acceptors (Lipinski definition) is 3. The van der Waals surface area contributed by atoms with E-state index in [-0.39, 0.29) is 18.1 Å². The van der Waals surface area contributed by atoms with Crippen molar-refractivity contribution in [2.24, 2.45) is 0 Å². The Labute approximate surface area is 135 Å². The van der Waals surface area contributed by atoms with Gasteiger partial charge >= 0.3 is 12.0 Å². The summed E-state index contributed by atoms with van der Waals surface area (Å²) in [6, 6.07) is 8.06. The molecule has 1 unspecified atom stereocenters. The highest BCUT2D eigenvalue weighted by Crippen LogP contribution is 2.42. The van der Waals surface area contributed by atoms with Gasteiger partial charge in [0, 0.05) is 19.5 Å². The number of fused-ring (bicyclic) bond motifs is 2. The summed E-state index contributed by atoms with van der Waals surface area (Å²) < 4.78 is 6.09. The fraction of sp³-hybridized carbons (Fsp3) is 0.529. The van der Waals surface area contributed by atoms with E-state index >= 15 is 0 Å². The highest BCUT2D eigenvalue weighted by molar-refractivity contribution is 5.74. The molecule has 1 aromatic rings. The molecule has 2 aliphatic rings. The second-order valence-electron chi connectivity index (χ2n) is 6.19. The van der Waals surface area contributed by atoms with Crippen LogP contribution in [0.5, 0.6) is 0 Å². The van der Waals surface area contributed by atoms with Gasteiger partial charge in [-0.15, -0.1) is 0 Å². The molecular formula is C17H22N2O4. The molecule has 3 rings (SSSR count). The van der Waals surface area contributed by atoms with Crippen molar-refractivity contribution in [2.45, 2.75) is 37.9 Å². The van der Waals surface area contributed by atoms with Crippen LogP contribution in [0, 0.1) is 0 Å². The second kappa shape index (κ2) is 6.58. The average Bonchev–Trinajstić information content (AvgIpc) is 2.90. The van der Waals surface area contributed by atoms with E-state index in [0.717, 1.165) is 12.8 Å². The van der Waals surface area contributed by atoms with Gasteiger partial charge in [0.05, 0.1) is 13.2 Å². The van der Waals surface area contributed by atoms with Crippen LogP contribution < -0.4 is 5.32 Å². The minimum Gasteiger partial charge on any atom is -0.481 e. The van der Waals surface area contributed by atoms with Crippen LogP contribution in [0.2, 0.25) is 0 Å². The van der Waals surface area contributed by atoms with Gasteiger partial charge in [0.2, 0.25) is 0 Å². The number of urea groups is 1. The molecule has 23 heavy (non-hydrogen) atoms. The lowest BCUT2D eigenvalue weighted by molar-refractivity contribution is -0.137. The Morgan fingerprint density at radius 2 is 2.17 bits per heavy atom. The average molecular weight is 318 g/mol. The first-order valence-corrected chi connectivity index (χ1v) is 8.08. The number of nitrogens with zero attached hydrogens (tertiary/aromatic N) is 1. The number of benzene rings is 1. The number of carboxylic acid groups (broad SMARTS) is 1. The lowest BCUT2D eigenvalue weighted by Crippen LogP contribution is -2.51. The van der Waals surface area contributed by atoms with Crippen molar-refractivity contribution >= 4 is 12.0 Å². The molecule has 0 aliphatic carbocycles. The SMILES string of the molecule is O=C(O)CCCNC(=O)N1CCCC2(C1)OCc1ccccc12. The first kappa shape index (κ1) is 15.8. The van der Waals surface area contributed by atoms with Gasteiger partial charge in [-0.25, -0.2) is 4.79 Å². The number of aliphatic carboxylic acids is 1. The number of ether oxygens (including phenoxy) is 1. The number of rotatable bonds is 4. The standard InChI is InChI=1S/C17H22N2O4/c20-15(21)7-3-9-18-16(22)19-10-4-8-17(12-19)14-6-2-1-5-13(14)11-23-17/h1-2,5-6H,3-4,7-12H2,(H,18,22)(H,20,21). The van der Waals surface area contributed by atoms with Gasteiger partial charge in [0.1, 0.15) is 5.60 Å². The molecule has 1 saturated heterocycles. The molecule has 2 amide bonds. The van der Waals surface area contributed by atoms with E-state index in [1.54, 1.807) is 4.90 Å². The van der Waals surface area contributed by atoms with E-state index in [1.807, 2.05) is 12.1 Å². The molecule has 1 spiro atoms. The van der Waals surface area contributed by atoms with Crippen LogP contribution in [0.15, 0.2) is 24.3 Å². The van der Waals surface area contributed by atoms with E-state index in [1.165, 1.54) is 11.1 Å². The van der Waals surface area contributed by atoms with E-state index in [4.69, 9.17) is 9.84 Å². The molecule has 2 N–H and O–H groups in total. The fourth-order valence-corrected chi connectivity index (χ4v) is 3.46. The third kappa shape index (κ3) is 3.32. The smallest absolute Gasteiger partial charge is 0.317 e. The Kier molecular flexibility index (Phi) is 4.52. The maximum absolute atomic E-state index is 12.3. The van der Waals surface area contributed by atoms with Crippen LogP contribution in [0.4, 0.5) is 4.79 Å². The molecular weight excluding hydrogens is 296 g/mol. The van der Waals surface area contributed by atoms with Crippen LogP contribution in [0.3, 0.4) is 0 Å². The molecule has 2 aliphatic heterocycles. The highest BCUT2D eigenvalue weighted by atomic mass is 16.5. The number of piperidine rings is 1. The molecule has 1 aromatic carbocycles. The van der Waals surface area contributed by atoms with E-state index in [2.05, 4.69) is 17.4 Å². The summed E-state index contributed by atoms with van der Waals surface area (Å²) >= 11 is 0.